The van der Waals surface area contributed by atoms with Gasteiger partial charge in [0, 0.05) is 5.69 Å². The summed E-state index contributed by atoms with van der Waals surface area (Å²) in [5.74, 6) is 0.393. The van der Waals surface area contributed by atoms with Gasteiger partial charge in [-0.15, -0.1) is 0 Å². The van der Waals surface area contributed by atoms with Gasteiger partial charge in [-0.25, -0.2) is 9.67 Å². The summed E-state index contributed by atoms with van der Waals surface area (Å²) in [6.45, 7) is 1.92. The fourth-order valence-corrected chi connectivity index (χ4v) is 3.60. The third-order valence-corrected chi connectivity index (χ3v) is 4.88. The Hall–Kier alpha value is -3.19. The molecule has 0 aliphatic carbocycles. The molecule has 0 unspecified atom stereocenters. The minimum absolute atomic E-state index is 0.291. The Kier molecular flexibility index (Phi) is 4.14. The molecule has 0 atom stereocenters. The summed E-state index contributed by atoms with van der Waals surface area (Å²) in [6, 6.07) is 17.2. The zero-order valence-electron chi connectivity index (χ0n) is 14.3. The molecule has 1 amide bonds. The minimum Gasteiger partial charge on any atom is -0.494 e. The van der Waals surface area contributed by atoms with Gasteiger partial charge >= 0.3 is 0 Å². The molecule has 4 rings (SSSR count). The van der Waals surface area contributed by atoms with Gasteiger partial charge in [0.15, 0.2) is 10.8 Å². The lowest BCUT2D eigenvalue weighted by Gasteiger charge is -2.02. The lowest BCUT2D eigenvalue weighted by molar-refractivity contribution is 0.102. The highest BCUT2D eigenvalue weighted by molar-refractivity contribution is 7.22. The molecule has 26 heavy (non-hydrogen) atoms. The van der Waals surface area contributed by atoms with E-state index in [1.165, 1.54) is 11.3 Å². The van der Waals surface area contributed by atoms with E-state index >= 15 is 0 Å². The van der Waals surface area contributed by atoms with Crippen molar-refractivity contribution in [2.45, 2.75) is 6.92 Å². The third kappa shape index (κ3) is 2.93. The molecule has 0 aliphatic rings. The number of hydrogen-bond acceptors (Lipinski definition) is 5. The molecule has 6 nitrogen and oxygen atoms in total. The Morgan fingerprint density at radius 3 is 2.73 bits per heavy atom. The van der Waals surface area contributed by atoms with Gasteiger partial charge in [0.05, 0.1) is 17.5 Å². The van der Waals surface area contributed by atoms with Crippen LogP contribution in [0.4, 0.5) is 5.13 Å². The molecular weight excluding hydrogens is 348 g/mol. The molecule has 7 heteroatoms. The van der Waals surface area contributed by atoms with Gasteiger partial charge in [-0.2, -0.15) is 5.10 Å². The number of carbonyl (C=O) groups excluding carboxylic acids is 1. The summed E-state index contributed by atoms with van der Waals surface area (Å²) >= 11 is 1.40. The number of amides is 1. The van der Waals surface area contributed by atoms with Crippen molar-refractivity contribution in [1.82, 2.24) is 14.8 Å². The third-order valence-electron chi connectivity index (χ3n) is 3.94. The Balaban J connectivity index is 1.61. The first kappa shape index (κ1) is 16.3. The van der Waals surface area contributed by atoms with Crippen molar-refractivity contribution in [3.8, 4) is 11.4 Å². The number of fused-ring (bicyclic) bond motifs is 1. The first-order chi connectivity index (χ1) is 12.7. The van der Waals surface area contributed by atoms with E-state index in [9.17, 15) is 4.79 Å². The minimum atomic E-state index is -0.291. The maximum atomic E-state index is 12.6. The van der Waals surface area contributed by atoms with Crippen LogP contribution in [0, 0.1) is 6.92 Å². The number of thiazole rings is 1. The first-order valence-electron chi connectivity index (χ1n) is 8.02. The van der Waals surface area contributed by atoms with E-state index in [4.69, 9.17) is 4.74 Å². The van der Waals surface area contributed by atoms with Crippen molar-refractivity contribution in [2.24, 2.45) is 0 Å². The quantitative estimate of drug-likeness (QED) is 0.593. The van der Waals surface area contributed by atoms with Gasteiger partial charge in [-0.05, 0) is 37.3 Å². The topological polar surface area (TPSA) is 69.0 Å². The zero-order chi connectivity index (χ0) is 18.1. The van der Waals surface area contributed by atoms with Crippen LogP contribution in [0.25, 0.3) is 15.9 Å². The van der Waals surface area contributed by atoms with Crippen molar-refractivity contribution < 1.29 is 9.53 Å². The predicted molar refractivity (Wildman–Crippen MR) is 102 cm³/mol. The fraction of sp³-hybridized carbons (Fsp3) is 0.105. The highest BCUT2D eigenvalue weighted by Crippen LogP contribution is 2.32. The molecule has 1 N–H and O–H groups in total. The largest absolute Gasteiger partial charge is 0.494 e. The van der Waals surface area contributed by atoms with E-state index in [0.717, 1.165) is 21.6 Å². The Labute approximate surface area is 154 Å². The molecule has 2 aromatic carbocycles. The molecule has 0 bridgehead atoms. The van der Waals surface area contributed by atoms with Crippen LogP contribution >= 0.6 is 11.3 Å². The van der Waals surface area contributed by atoms with Gasteiger partial charge in [0.2, 0.25) is 0 Å². The average Bonchev–Trinajstić information content (AvgIpc) is 3.25. The van der Waals surface area contributed by atoms with Crippen LogP contribution in [-0.2, 0) is 0 Å². The summed E-state index contributed by atoms with van der Waals surface area (Å²) in [5, 5.41) is 7.76. The smallest absolute Gasteiger partial charge is 0.277 e. The first-order valence-corrected chi connectivity index (χ1v) is 8.84. The Morgan fingerprint density at radius 1 is 1.15 bits per heavy atom. The molecular formula is C19H16N4O2S. The summed E-state index contributed by atoms with van der Waals surface area (Å²) in [6.07, 6.45) is 0. The van der Waals surface area contributed by atoms with Gasteiger partial charge < -0.3 is 4.74 Å². The second kappa shape index (κ2) is 6.61. The molecule has 4 aromatic rings. The van der Waals surface area contributed by atoms with E-state index < -0.39 is 0 Å². The van der Waals surface area contributed by atoms with Crippen molar-refractivity contribution >= 4 is 32.6 Å². The molecule has 0 spiro atoms. The van der Waals surface area contributed by atoms with E-state index in [0.29, 0.717) is 16.6 Å². The maximum absolute atomic E-state index is 12.6. The molecule has 130 valence electrons. The van der Waals surface area contributed by atoms with E-state index in [1.54, 1.807) is 17.9 Å². The summed E-state index contributed by atoms with van der Waals surface area (Å²) in [7, 11) is 1.60. The second-order valence-electron chi connectivity index (χ2n) is 5.70. The molecule has 0 saturated heterocycles. The van der Waals surface area contributed by atoms with Crippen LogP contribution in [0.5, 0.6) is 5.75 Å². The number of ether oxygens (including phenoxy) is 1. The number of aryl methyl sites for hydroxylation is 1. The molecule has 0 radical (unpaired) electrons. The molecule has 0 saturated carbocycles. The molecule has 0 aliphatic heterocycles. The van der Waals surface area contributed by atoms with E-state index in [2.05, 4.69) is 15.4 Å². The second-order valence-corrected chi connectivity index (χ2v) is 6.73. The maximum Gasteiger partial charge on any atom is 0.277 e. The lowest BCUT2D eigenvalue weighted by atomic mass is 10.3. The predicted octanol–water partition coefficient (Wildman–Crippen LogP) is 4.05. The zero-order valence-corrected chi connectivity index (χ0v) is 15.1. The number of hydrogen-bond donors (Lipinski definition) is 1. The fourth-order valence-electron chi connectivity index (χ4n) is 2.72. The normalized spacial score (nSPS) is 10.8. The monoisotopic (exact) mass is 364 g/mol. The molecule has 2 aromatic heterocycles. The SMILES string of the molecule is COc1cccc2sc(NC(=O)c3cc(C)n(-c4ccccc4)n3)nc12. The van der Waals surface area contributed by atoms with Crippen LogP contribution in [0.3, 0.4) is 0 Å². The summed E-state index contributed by atoms with van der Waals surface area (Å²) in [4.78, 5) is 17.1. The van der Waals surface area contributed by atoms with Crippen molar-refractivity contribution in [1.29, 1.82) is 0 Å². The number of para-hydroxylation sites is 2. The number of nitrogens with zero attached hydrogens (tertiary/aromatic N) is 3. The standard InChI is InChI=1S/C19H16N4O2S/c1-12-11-14(22-23(12)13-7-4-3-5-8-13)18(24)21-19-20-17-15(25-2)9-6-10-16(17)26-19/h3-11H,1-2H3,(H,20,21,24). The number of benzene rings is 2. The van der Waals surface area contributed by atoms with Gasteiger partial charge in [-0.1, -0.05) is 35.6 Å². The summed E-state index contributed by atoms with van der Waals surface area (Å²) < 4.78 is 8.01. The van der Waals surface area contributed by atoms with Crippen LogP contribution in [0.15, 0.2) is 54.6 Å². The molecule has 2 heterocycles. The number of methoxy groups -OCH3 is 1. The molecule has 0 fully saturated rings. The van der Waals surface area contributed by atoms with Crippen molar-refractivity contribution in [3.63, 3.8) is 0 Å². The van der Waals surface area contributed by atoms with Crippen molar-refractivity contribution in [2.75, 3.05) is 12.4 Å². The van der Waals surface area contributed by atoms with Crippen molar-refractivity contribution in [3.05, 3.63) is 66.0 Å². The van der Waals surface area contributed by atoms with Crippen LogP contribution in [-0.4, -0.2) is 27.8 Å². The van der Waals surface area contributed by atoms with Crippen LogP contribution in [0.2, 0.25) is 0 Å². The summed E-state index contributed by atoms with van der Waals surface area (Å²) in [5.41, 5.74) is 2.87. The Bertz CT molecular complexity index is 1090. The number of rotatable bonds is 4. The number of nitrogens with one attached hydrogen (secondary N) is 1. The number of anilines is 1. The van der Waals surface area contributed by atoms with Crippen LogP contribution in [0.1, 0.15) is 16.2 Å². The average molecular weight is 364 g/mol. The van der Waals surface area contributed by atoms with E-state index in [1.807, 2.05) is 55.5 Å². The van der Waals surface area contributed by atoms with Gasteiger partial charge in [-0.3, -0.25) is 10.1 Å². The Morgan fingerprint density at radius 2 is 1.96 bits per heavy atom. The number of carbonyl (C=O) groups is 1. The lowest BCUT2D eigenvalue weighted by Crippen LogP contribution is -2.13. The van der Waals surface area contributed by atoms with E-state index in [-0.39, 0.29) is 5.91 Å². The van der Waals surface area contributed by atoms with Gasteiger partial charge in [0.25, 0.3) is 5.91 Å². The highest BCUT2D eigenvalue weighted by Gasteiger charge is 2.16. The van der Waals surface area contributed by atoms with Crippen LogP contribution < -0.4 is 10.1 Å². The highest BCUT2D eigenvalue weighted by atomic mass is 32.1. The number of aromatic nitrogens is 3. The van der Waals surface area contributed by atoms with Gasteiger partial charge in [0.1, 0.15) is 11.3 Å².